The Kier molecular flexibility index (Phi) is 3.80. The number of aromatic nitrogens is 4. The van der Waals surface area contributed by atoms with Crippen LogP contribution in [0.5, 0.6) is 0 Å². The maximum atomic E-state index is 6.34. The van der Waals surface area contributed by atoms with Crippen LogP contribution in [-0.2, 0) is 6.54 Å². The summed E-state index contributed by atoms with van der Waals surface area (Å²) in [6.45, 7) is 8.64. The van der Waals surface area contributed by atoms with Crippen molar-refractivity contribution in [2.45, 2.75) is 34.2 Å². The highest BCUT2D eigenvalue weighted by molar-refractivity contribution is 9.10. The first kappa shape index (κ1) is 14.9. The van der Waals surface area contributed by atoms with Crippen LogP contribution in [-0.4, -0.2) is 19.7 Å². The van der Waals surface area contributed by atoms with Crippen molar-refractivity contribution in [3.05, 3.63) is 37.3 Å². The van der Waals surface area contributed by atoms with E-state index in [1.54, 1.807) is 11.3 Å². The second-order valence-corrected chi connectivity index (χ2v) is 7.39. The topological polar surface area (TPSA) is 43.6 Å². The number of aryl methyl sites for hydroxylation is 3. The van der Waals surface area contributed by atoms with E-state index in [0.29, 0.717) is 17.5 Å². The molecule has 0 amide bonds. The van der Waals surface area contributed by atoms with Crippen LogP contribution in [0.25, 0.3) is 10.2 Å². The summed E-state index contributed by atoms with van der Waals surface area (Å²) in [7, 11) is 0. The minimum atomic E-state index is 0.518. The van der Waals surface area contributed by atoms with Gasteiger partial charge in [-0.05, 0) is 49.2 Å². The Hall–Kier alpha value is -0.980. The van der Waals surface area contributed by atoms with Crippen molar-refractivity contribution in [2.24, 2.45) is 0 Å². The lowest BCUT2D eigenvalue weighted by atomic mass is 10.2. The molecule has 0 aliphatic heterocycles. The summed E-state index contributed by atoms with van der Waals surface area (Å²) in [5.74, 6) is 0.687. The van der Waals surface area contributed by atoms with E-state index in [0.717, 1.165) is 26.1 Å². The fourth-order valence-electron chi connectivity index (χ4n) is 2.28. The number of thiophene rings is 1. The van der Waals surface area contributed by atoms with Gasteiger partial charge in [0.1, 0.15) is 16.5 Å². The minimum Gasteiger partial charge on any atom is -0.261 e. The van der Waals surface area contributed by atoms with E-state index in [2.05, 4.69) is 44.8 Å². The molecule has 4 nitrogen and oxygen atoms in total. The largest absolute Gasteiger partial charge is 0.261 e. The predicted octanol–water partition coefficient (Wildman–Crippen LogP) is 4.59. The van der Waals surface area contributed by atoms with E-state index in [-0.39, 0.29) is 0 Å². The van der Waals surface area contributed by atoms with Gasteiger partial charge in [0.25, 0.3) is 0 Å². The average molecular weight is 386 g/mol. The first-order valence-electron chi connectivity index (χ1n) is 6.50. The molecule has 0 saturated heterocycles. The highest BCUT2D eigenvalue weighted by Crippen LogP contribution is 2.33. The monoisotopic (exact) mass is 384 g/mol. The Balaban J connectivity index is 2.07. The molecule has 0 atom stereocenters. The molecule has 0 aliphatic carbocycles. The van der Waals surface area contributed by atoms with Crippen LogP contribution in [0.3, 0.4) is 0 Å². The zero-order valence-corrected chi connectivity index (χ0v) is 15.3. The molecule has 110 valence electrons. The molecule has 0 aromatic carbocycles. The summed E-state index contributed by atoms with van der Waals surface area (Å²) in [6.07, 6.45) is 0. The second-order valence-electron chi connectivity index (χ2n) is 5.04. The molecule has 0 bridgehead atoms. The molecule has 0 N–H and O–H groups in total. The maximum Gasteiger partial charge on any atom is 0.153 e. The quantitative estimate of drug-likeness (QED) is 0.606. The van der Waals surface area contributed by atoms with Gasteiger partial charge < -0.3 is 0 Å². The first-order chi connectivity index (χ1) is 9.88. The molecule has 21 heavy (non-hydrogen) atoms. The van der Waals surface area contributed by atoms with Crippen molar-refractivity contribution >= 4 is 49.1 Å². The van der Waals surface area contributed by atoms with E-state index < -0.39 is 0 Å². The fourth-order valence-corrected chi connectivity index (χ4v) is 3.99. The maximum absolute atomic E-state index is 6.34. The van der Waals surface area contributed by atoms with Crippen LogP contribution >= 0.6 is 38.9 Å². The van der Waals surface area contributed by atoms with E-state index in [9.17, 15) is 0 Å². The lowest BCUT2D eigenvalue weighted by Crippen LogP contribution is -2.07. The summed E-state index contributed by atoms with van der Waals surface area (Å²) in [5.41, 5.74) is 3.19. The smallest absolute Gasteiger partial charge is 0.153 e. The number of hydrogen-bond donors (Lipinski definition) is 0. The van der Waals surface area contributed by atoms with Gasteiger partial charge in [-0.15, -0.1) is 11.3 Å². The number of hydrogen-bond acceptors (Lipinski definition) is 4. The molecule has 0 saturated carbocycles. The predicted molar refractivity (Wildman–Crippen MR) is 90.4 cm³/mol. The third kappa shape index (κ3) is 2.49. The van der Waals surface area contributed by atoms with Gasteiger partial charge in [-0.3, -0.25) is 4.68 Å². The Morgan fingerprint density at radius 3 is 2.52 bits per heavy atom. The molecule has 3 heterocycles. The van der Waals surface area contributed by atoms with Crippen LogP contribution < -0.4 is 0 Å². The molecule has 3 rings (SSSR count). The summed E-state index contributed by atoms with van der Waals surface area (Å²) in [5, 5.41) is 5.98. The van der Waals surface area contributed by atoms with Crippen LogP contribution in [0.1, 0.15) is 27.7 Å². The van der Waals surface area contributed by atoms with Crippen LogP contribution in [0.2, 0.25) is 5.15 Å². The number of nitrogens with zero attached hydrogens (tertiary/aromatic N) is 4. The second kappa shape index (κ2) is 5.34. The normalized spacial score (nSPS) is 11.5. The van der Waals surface area contributed by atoms with Gasteiger partial charge >= 0.3 is 0 Å². The summed E-state index contributed by atoms with van der Waals surface area (Å²) < 4.78 is 2.92. The van der Waals surface area contributed by atoms with Crippen molar-refractivity contribution in [3.8, 4) is 0 Å². The van der Waals surface area contributed by atoms with E-state index in [1.807, 2.05) is 18.5 Å². The van der Waals surface area contributed by atoms with Gasteiger partial charge in [-0.2, -0.15) is 5.10 Å². The van der Waals surface area contributed by atoms with Crippen molar-refractivity contribution in [2.75, 3.05) is 0 Å². The van der Waals surface area contributed by atoms with Gasteiger partial charge in [-0.1, -0.05) is 11.6 Å². The molecule has 0 fully saturated rings. The minimum absolute atomic E-state index is 0.518. The summed E-state index contributed by atoms with van der Waals surface area (Å²) in [4.78, 5) is 11.2. The molecule has 3 aromatic rings. The van der Waals surface area contributed by atoms with Gasteiger partial charge in [0.2, 0.25) is 0 Å². The molecular formula is C14H14BrClN4S. The third-order valence-corrected chi connectivity index (χ3v) is 6.14. The van der Waals surface area contributed by atoms with E-state index >= 15 is 0 Å². The number of rotatable bonds is 2. The van der Waals surface area contributed by atoms with Crippen molar-refractivity contribution < 1.29 is 0 Å². The number of halogens is 2. The summed E-state index contributed by atoms with van der Waals surface area (Å²) >= 11 is 11.5. The van der Waals surface area contributed by atoms with E-state index in [1.165, 1.54) is 10.4 Å². The molecule has 0 radical (unpaired) electrons. The first-order valence-corrected chi connectivity index (χ1v) is 8.49. The van der Waals surface area contributed by atoms with Crippen LogP contribution in [0.4, 0.5) is 0 Å². The average Bonchev–Trinajstić information content (AvgIpc) is 2.83. The zero-order valence-electron chi connectivity index (χ0n) is 12.2. The zero-order chi connectivity index (χ0) is 15.3. The van der Waals surface area contributed by atoms with Crippen molar-refractivity contribution in [1.82, 2.24) is 19.7 Å². The van der Waals surface area contributed by atoms with Gasteiger partial charge in [0.15, 0.2) is 5.82 Å². The standard InChI is InChI=1S/C14H14BrClN4S/c1-6-9(4)21-14-11(6)13(16)17-10(18-14)5-20-8(3)12(15)7(2)19-20/h5H2,1-4H3. The molecule has 0 spiro atoms. The van der Waals surface area contributed by atoms with E-state index in [4.69, 9.17) is 11.6 Å². The van der Waals surface area contributed by atoms with Crippen LogP contribution in [0.15, 0.2) is 4.47 Å². The molecular weight excluding hydrogens is 372 g/mol. The van der Waals surface area contributed by atoms with Gasteiger partial charge in [0, 0.05) is 4.88 Å². The SMILES string of the molecule is Cc1nn(Cc2nc(Cl)c3c(C)c(C)sc3n2)c(C)c1Br. The third-order valence-electron chi connectivity index (χ3n) is 3.62. The van der Waals surface area contributed by atoms with Gasteiger partial charge in [-0.25, -0.2) is 9.97 Å². The summed E-state index contributed by atoms with van der Waals surface area (Å²) in [6, 6.07) is 0. The van der Waals surface area contributed by atoms with Crippen LogP contribution in [0, 0.1) is 27.7 Å². The lowest BCUT2D eigenvalue weighted by molar-refractivity contribution is 0.634. The lowest BCUT2D eigenvalue weighted by Gasteiger charge is -2.05. The van der Waals surface area contributed by atoms with Gasteiger partial charge in [0.05, 0.1) is 21.2 Å². The number of fused-ring (bicyclic) bond motifs is 1. The molecule has 3 aromatic heterocycles. The Morgan fingerprint density at radius 2 is 1.90 bits per heavy atom. The van der Waals surface area contributed by atoms with Crippen molar-refractivity contribution in [1.29, 1.82) is 0 Å². The fraction of sp³-hybridized carbons (Fsp3) is 0.357. The molecule has 7 heteroatoms. The Morgan fingerprint density at radius 1 is 1.19 bits per heavy atom. The molecule has 0 unspecified atom stereocenters. The Bertz CT molecular complexity index is 853. The Labute approximate surface area is 140 Å². The van der Waals surface area contributed by atoms with Crippen molar-refractivity contribution in [3.63, 3.8) is 0 Å². The molecule has 0 aliphatic rings. The highest BCUT2D eigenvalue weighted by Gasteiger charge is 2.15. The highest BCUT2D eigenvalue weighted by atomic mass is 79.9.